The van der Waals surface area contributed by atoms with E-state index in [0.29, 0.717) is 5.02 Å². The first-order valence-corrected chi connectivity index (χ1v) is 10.8. The van der Waals surface area contributed by atoms with Gasteiger partial charge in [-0.05, 0) is 48.5 Å². The third-order valence-corrected chi connectivity index (χ3v) is 6.32. The molecule has 0 aliphatic heterocycles. The molecule has 5 heteroatoms. The molecule has 0 bridgehead atoms. The van der Waals surface area contributed by atoms with Gasteiger partial charge < -0.3 is 4.98 Å². The molecule has 3 heterocycles. The maximum atomic E-state index is 6.33. The number of halogens is 2. The number of pyridine rings is 1. The van der Waals surface area contributed by atoms with Crippen LogP contribution >= 0.6 is 27.5 Å². The standard InChI is InChI=1S/C25H16BrClN3/c26-17-10-8-16(9-11-17)24-25-23-21(20-6-1-2-7-22(20)28-23)12-13-29(25)15-30(24)19-5-3-4-18(27)14-19/h1-15,28H/q+1. The van der Waals surface area contributed by atoms with E-state index in [1.165, 1.54) is 10.8 Å². The number of H-pyrrole nitrogens is 1. The zero-order valence-electron chi connectivity index (χ0n) is 15.8. The Hall–Kier alpha value is -3.08. The Morgan fingerprint density at radius 2 is 1.70 bits per heavy atom. The minimum Gasteiger partial charge on any atom is -0.351 e. The van der Waals surface area contributed by atoms with Gasteiger partial charge in [0.2, 0.25) is 5.52 Å². The van der Waals surface area contributed by atoms with Crippen LogP contribution in [0, 0.1) is 0 Å². The van der Waals surface area contributed by atoms with E-state index in [1.54, 1.807) is 0 Å². The largest absolute Gasteiger partial charge is 0.351 e. The molecule has 0 atom stereocenters. The van der Waals surface area contributed by atoms with Crippen LogP contribution in [0.15, 0.2) is 95.9 Å². The van der Waals surface area contributed by atoms with Crippen LogP contribution in [-0.4, -0.2) is 9.55 Å². The minimum atomic E-state index is 0.716. The van der Waals surface area contributed by atoms with Crippen molar-refractivity contribution in [3.05, 3.63) is 101 Å². The molecule has 0 saturated heterocycles. The number of fused-ring (bicyclic) bond motifs is 5. The van der Waals surface area contributed by atoms with Crippen LogP contribution in [0.3, 0.4) is 0 Å². The van der Waals surface area contributed by atoms with E-state index in [9.17, 15) is 0 Å². The molecule has 0 aliphatic rings. The summed E-state index contributed by atoms with van der Waals surface area (Å²) in [6, 6.07) is 27.0. The molecular formula is C25H16BrClN3+. The summed E-state index contributed by atoms with van der Waals surface area (Å²) in [4.78, 5) is 3.65. The summed E-state index contributed by atoms with van der Waals surface area (Å²) in [5.74, 6) is 0. The van der Waals surface area contributed by atoms with Gasteiger partial charge in [0.15, 0.2) is 5.69 Å². The van der Waals surface area contributed by atoms with Gasteiger partial charge in [-0.1, -0.05) is 51.8 Å². The Bertz CT molecular complexity index is 1560. The normalized spacial score (nSPS) is 11.7. The molecule has 3 aromatic carbocycles. The van der Waals surface area contributed by atoms with Crippen LogP contribution in [-0.2, 0) is 0 Å². The lowest BCUT2D eigenvalue weighted by Gasteiger charge is -2.03. The van der Waals surface area contributed by atoms with Gasteiger partial charge in [0.25, 0.3) is 6.33 Å². The van der Waals surface area contributed by atoms with E-state index in [-0.39, 0.29) is 0 Å². The van der Waals surface area contributed by atoms with Gasteiger partial charge in [-0.15, -0.1) is 0 Å². The van der Waals surface area contributed by atoms with Crippen LogP contribution in [0.4, 0.5) is 0 Å². The summed E-state index contributed by atoms with van der Waals surface area (Å²) >= 11 is 9.89. The van der Waals surface area contributed by atoms with Crippen molar-refractivity contribution < 1.29 is 4.40 Å². The number of aromatic amines is 1. The molecule has 6 aromatic rings. The molecule has 0 spiro atoms. The molecule has 0 aliphatic carbocycles. The average molecular weight is 474 g/mol. The number of imidazole rings is 1. The minimum absolute atomic E-state index is 0.716. The zero-order chi connectivity index (χ0) is 20.2. The fraction of sp³-hybridized carbons (Fsp3) is 0. The molecule has 0 unspecified atom stereocenters. The van der Waals surface area contributed by atoms with Crippen molar-refractivity contribution in [2.24, 2.45) is 0 Å². The summed E-state index contributed by atoms with van der Waals surface area (Å²) in [6.45, 7) is 0. The average Bonchev–Trinajstić information content (AvgIpc) is 3.33. The Labute approximate surface area is 186 Å². The van der Waals surface area contributed by atoms with Crippen LogP contribution in [0.5, 0.6) is 0 Å². The molecule has 0 amide bonds. The number of hydrogen-bond acceptors (Lipinski definition) is 0. The Morgan fingerprint density at radius 1 is 0.867 bits per heavy atom. The summed E-state index contributed by atoms with van der Waals surface area (Å²) in [6.07, 6.45) is 4.24. The summed E-state index contributed by atoms with van der Waals surface area (Å²) in [7, 11) is 0. The van der Waals surface area contributed by atoms with Crippen molar-refractivity contribution in [1.29, 1.82) is 0 Å². The molecule has 0 radical (unpaired) electrons. The second-order valence-electron chi connectivity index (χ2n) is 7.35. The highest BCUT2D eigenvalue weighted by Gasteiger charge is 2.25. The zero-order valence-corrected chi connectivity index (χ0v) is 18.2. The lowest BCUT2D eigenvalue weighted by atomic mass is 10.1. The summed E-state index contributed by atoms with van der Waals surface area (Å²) < 4.78 is 5.44. The Kier molecular flexibility index (Phi) is 3.98. The predicted molar refractivity (Wildman–Crippen MR) is 126 cm³/mol. The van der Waals surface area contributed by atoms with Crippen molar-refractivity contribution in [3.8, 4) is 16.9 Å². The fourth-order valence-electron chi connectivity index (χ4n) is 4.22. The van der Waals surface area contributed by atoms with Gasteiger partial charge >= 0.3 is 0 Å². The number of rotatable bonds is 2. The van der Waals surface area contributed by atoms with E-state index < -0.39 is 0 Å². The quantitative estimate of drug-likeness (QED) is 0.264. The van der Waals surface area contributed by atoms with Crippen molar-refractivity contribution in [3.63, 3.8) is 0 Å². The fourth-order valence-corrected chi connectivity index (χ4v) is 4.67. The van der Waals surface area contributed by atoms with Crippen LogP contribution in [0.2, 0.25) is 5.02 Å². The second kappa shape index (κ2) is 6.73. The van der Waals surface area contributed by atoms with Crippen LogP contribution < -0.4 is 4.40 Å². The van der Waals surface area contributed by atoms with Crippen molar-refractivity contribution >= 4 is 54.9 Å². The van der Waals surface area contributed by atoms with E-state index in [4.69, 9.17) is 11.6 Å². The number of nitrogens with one attached hydrogen (secondary N) is 1. The number of aromatic nitrogens is 3. The highest BCUT2D eigenvalue weighted by molar-refractivity contribution is 9.10. The maximum absolute atomic E-state index is 6.33. The van der Waals surface area contributed by atoms with Gasteiger partial charge in [0.05, 0.1) is 11.7 Å². The number of nitrogens with zero attached hydrogens (tertiary/aromatic N) is 2. The van der Waals surface area contributed by atoms with Crippen LogP contribution in [0.1, 0.15) is 0 Å². The summed E-state index contributed by atoms with van der Waals surface area (Å²) in [5, 5.41) is 3.16. The number of hydrogen-bond donors (Lipinski definition) is 1. The van der Waals surface area contributed by atoms with Crippen molar-refractivity contribution in [2.75, 3.05) is 0 Å². The highest BCUT2D eigenvalue weighted by atomic mass is 79.9. The topological polar surface area (TPSA) is 24.8 Å². The van der Waals surface area contributed by atoms with Crippen molar-refractivity contribution in [1.82, 2.24) is 9.55 Å². The van der Waals surface area contributed by atoms with E-state index in [0.717, 1.165) is 38.0 Å². The SMILES string of the molecule is Clc1cccc(-n2c[n+]3ccc4c5ccccc5[nH]c4c3c2-c2ccc(Br)cc2)c1. The Morgan fingerprint density at radius 3 is 2.53 bits per heavy atom. The Balaban J connectivity index is 1.79. The predicted octanol–water partition coefficient (Wildman–Crippen LogP) is 6.93. The van der Waals surface area contributed by atoms with E-state index in [1.807, 2.05) is 18.2 Å². The van der Waals surface area contributed by atoms with Crippen LogP contribution in [0.25, 0.3) is 44.3 Å². The van der Waals surface area contributed by atoms with Crippen molar-refractivity contribution in [2.45, 2.75) is 0 Å². The smallest absolute Gasteiger partial charge is 0.254 e. The lowest BCUT2D eigenvalue weighted by molar-refractivity contribution is -0.510. The molecule has 144 valence electrons. The molecule has 3 aromatic heterocycles. The first-order chi connectivity index (χ1) is 14.7. The first-order valence-electron chi connectivity index (χ1n) is 9.67. The molecule has 0 fully saturated rings. The third-order valence-electron chi connectivity index (χ3n) is 5.55. The number of para-hydroxylation sites is 1. The van der Waals surface area contributed by atoms with E-state index >= 15 is 0 Å². The number of benzene rings is 3. The van der Waals surface area contributed by atoms with Gasteiger partial charge in [-0.3, -0.25) is 0 Å². The molecule has 0 saturated carbocycles. The molecule has 30 heavy (non-hydrogen) atoms. The van der Waals surface area contributed by atoms with Gasteiger partial charge in [-0.2, -0.15) is 8.97 Å². The molecule has 3 nitrogen and oxygen atoms in total. The van der Waals surface area contributed by atoms with Gasteiger partial charge in [-0.25, -0.2) is 0 Å². The molecular weight excluding hydrogens is 458 g/mol. The second-order valence-corrected chi connectivity index (χ2v) is 8.70. The third kappa shape index (κ3) is 2.68. The maximum Gasteiger partial charge on any atom is 0.254 e. The lowest BCUT2D eigenvalue weighted by Crippen LogP contribution is -2.17. The highest BCUT2D eigenvalue weighted by Crippen LogP contribution is 2.34. The van der Waals surface area contributed by atoms with Gasteiger partial charge in [0.1, 0.15) is 5.69 Å². The molecule has 6 rings (SSSR count). The summed E-state index contributed by atoms with van der Waals surface area (Å²) in [5.41, 5.74) is 6.66. The first kappa shape index (κ1) is 17.8. The molecule has 1 N–H and O–H groups in total. The van der Waals surface area contributed by atoms with Gasteiger partial charge in [0, 0.05) is 37.4 Å². The monoisotopic (exact) mass is 472 g/mol. The van der Waals surface area contributed by atoms with E-state index in [2.05, 4.69) is 103 Å².